The van der Waals surface area contributed by atoms with E-state index in [-0.39, 0.29) is 0 Å². The minimum Gasteiger partial charge on any atom is -0.449 e. The first kappa shape index (κ1) is 15.4. The molecular formula is C16H18N4O2. The van der Waals surface area contributed by atoms with Crippen molar-refractivity contribution in [2.75, 3.05) is 11.9 Å². The minimum atomic E-state index is -0.571. The molecule has 2 rings (SSSR count). The molecule has 1 amide bonds. The Hall–Kier alpha value is -3.02. The molecule has 0 spiro atoms. The molecule has 0 radical (unpaired) electrons. The van der Waals surface area contributed by atoms with Crippen LogP contribution in [0.25, 0.3) is 0 Å². The van der Waals surface area contributed by atoms with Gasteiger partial charge in [-0.25, -0.2) is 15.2 Å². The molecule has 2 aromatic rings. The van der Waals surface area contributed by atoms with Gasteiger partial charge in [-0.3, -0.25) is 5.43 Å². The number of nitrogens with zero attached hydrogens (tertiary/aromatic N) is 1. The second-order valence-corrected chi connectivity index (χ2v) is 4.26. The SMILES string of the molecule is CCOC(=O)NNC(=Nc1ccccc1)Nc1ccccc1. The molecule has 0 atom stereocenters. The van der Waals surface area contributed by atoms with Gasteiger partial charge in [0, 0.05) is 5.69 Å². The van der Waals surface area contributed by atoms with E-state index in [1.807, 2.05) is 60.7 Å². The number of hydrazine groups is 1. The first-order valence-corrected chi connectivity index (χ1v) is 6.92. The zero-order valence-electron chi connectivity index (χ0n) is 12.2. The summed E-state index contributed by atoms with van der Waals surface area (Å²) in [6.07, 6.45) is -0.571. The highest BCUT2D eigenvalue weighted by atomic mass is 16.5. The maximum atomic E-state index is 11.4. The number of guanidine groups is 1. The largest absolute Gasteiger partial charge is 0.449 e. The number of amides is 1. The van der Waals surface area contributed by atoms with Gasteiger partial charge in [-0.1, -0.05) is 36.4 Å². The lowest BCUT2D eigenvalue weighted by atomic mass is 10.3. The van der Waals surface area contributed by atoms with Gasteiger partial charge in [0.25, 0.3) is 0 Å². The van der Waals surface area contributed by atoms with Crippen LogP contribution < -0.4 is 16.2 Å². The van der Waals surface area contributed by atoms with Crippen molar-refractivity contribution in [3.05, 3.63) is 60.7 Å². The Morgan fingerprint density at radius 2 is 1.64 bits per heavy atom. The van der Waals surface area contributed by atoms with E-state index in [0.717, 1.165) is 11.4 Å². The molecule has 0 saturated heterocycles. The van der Waals surface area contributed by atoms with Gasteiger partial charge in [0.05, 0.1) is 12.3 Å². The molecule has 0 aliphatic carbocycles. The fourth-order valence-corrected chi connectivity index (χ4v) is 1.65. The van der Waals surface area contributed by atoms with Crippen LogP contribution in [0.3, 0.4) is 0 Å². The Morgan fingerprint density at radius 3 is 2.27 bits per heavy atom. The Bertz CT molecular complexity index is 615. The number of nitrogens with one attached hydrogen (secondary N) is 3. The zero-order chi connectivity index (χ0) is 15.6. The second kappa shape index (κ2) is 8.31. The van der Waals surface area contributed by atoms with Gasteiger partial charge in [0.2, 0.25) is 5.96 Å². The van der Waals surface area contributed by atoms with Crippen LogP contribution in [-0.2, 0) is 4.74 Å². The zero-order valence-corrected chi connectivity index (χ0v) is 12.2. The molecule has 0 aliphatic rings. The molecule has 0 aromatic heterocycles. The van der Waals surface area contributed by atoms with Crippen LogP contribution in [0.5, 0.6) is 0 Å². The summed E-state index contributed by atoms with van der Waals surface area (Å²) in [5, 5.41) is 3.09. The standard InChI is InChI=1S/C16H18N4O2/c1-2-22-16(21)20-19-15(17-13-9-5-3-6-10-13)18-14-11-7-4-8-12-14/h3-12H,2H2,1H3,(H,20,21)(H2,17,18,19). The molecule has 0 bridgehead atoms. The molecular weight excluding hydrogens is 280 g/mol. The lowest BCUT2D eigenvalue weighted by Gasteiger charge is -2.13. The number of rotatable bonds is 3. The monoisotopic (exact) mass is 298 g/mol. The number of benzene rings is 2. The molecule has 0 unspecified atom stereocenters. The topological polar surface area (TPSA) is 74.8 Å². The lowest BCUT2D eigenvalue weighted by molar-refractivity contribution is 0.150. The fourth-order valence-electron chi connectivity index (χ4n) is 1.65. The van der Waals surface area contributed by atoms with Crippen LogP contribution >= 0.6 is 0 Å². The molecule has 6 heteroatoms. The second-order valence-electron chi connectivity index (χ2n) is 4.26. The first-order valence-electron chi connectivity index (χ1n) is 6.92. The van der Waals surface area contributed by atoms with Crippen LogP contribution in [0.4, 0.5) is 16.2 Å². The average molecular weight is 298 g/mol. The summed E-state index contributed by atoms with van der Waals surface area (Å²) >= 11 is 0. The Kier molecular flexibility index (Phi) is 5.80. The molecule has 0 heterocycles. The van der Waals surface area contributed by atoms with Gasteiger partial charge < -0.3 is 10.1 Å². The van der Waals surface area contributed by atoms with Gasteiger partial charge in [-0.05, 0) is 31.2 Å². The Labute approximate surface area is 129 Å². The maximum absolute atomic E-state index is 11.4. The average Bonchev–Trinajstić information content (AvgIpc) is 2.55. The third kappa shape index (κ3) is 5.16. The summed E-state index contributed by atoms with van der Waals surface area (Å²) in [5.74, 6) is 0.380. The smallest absolute Gasteiger partial charge is 0.426 e. The van der Waals surface area contributed by atoms with Crippen molar-refractivity contribution in [2.24, 2.45) is 4.99 Å². The number of hydrogen-bond acceptors (Lipinski definition) is 3. The summed E-state index contributed by atoms with van der Waals surface area (Å²) in [6, 6.07) is 18.9. The van der Waals surface area contributed by atoms with Crippen LogP contribution in [-0.4, -0.2) is 18.7 Å². The Morgan fingerprint density at radius 1 is 1.00 bits per heavy atom. The van der Waals surface area contributed by atoms with E-state index >= 15 is 0 Å². The highest BCUT2D eigenvalue weighted by Gasteiger charge is 2.04. The van der Waals surface area contributed by atoms with E-state index in [2.05, 4.69) is 21.2 Å². The molecule has 0 saturated carbocycles. The van der Waals surface area contributed by atoms with Crippen molar-refractivity contribution < 1.29 is 9.53 Å². The van der Waals surface area contributed by atoms with Crippen molar-refractivity contribution >= 4 is 23.4 Å². The Balaban J connectivity index is 2.10. The van der Waals surface area contributed by atoms with Gasteiger partial charge in [-0.2, -0.15) is 0 Å². The summed E-state index contributed by atoms with van der Waals surface area (Å²) in [5.41, 5.74) is 6.73. The molecule has 2 aromatic carbocycles. The van der Waals surface area contributed by atoms with E-state index in [1.165, 1.54) is 0 Å². The van der Waals surface area contributed by atoms with Crippen molar-refractivity contribution in [3.63, 3.8) is 0 Å². The van der Waals surface area contributed by atoms with E-state index < -0.39 is 6.09 Å². The van der Waals surface area contributed by atoms with E-state index in [0.29, 0.717) is 12.6 Å². The number of carbonyl (C=O) groups excluding carboxylic acids is 1. The third-order valence-electron chi connectivity index (χ3n) is 2.59. The van der Waals surface area contributed by atoms with Gasteiger partial charge >= 0.3 is 6.09 Å². The van der Waals surface area contributed by atoms with E-state index in [4.69, 9.17) is 4.74 Å². The maximum Gasteiger partial charge on any atom is 0.426 e. The number of anilines is 1. The van der Waals surface area contributed by atoms with E-state index in [9.17, 15) is 4.79 Å². The molecule has 22 heavy (non-hydrogen) atoms. The minimum absolute atomic E-state index is 0.296. The number of carbonyl (C=O) groups is 1. The predicted molar refractivity (Wildman–Crippen MR) is 86.9 cm³/mol. The van der Waals surface area contributed by atoms with Gasteiger partial charge in [-0.15, -0.1) is 0 Å². The molecule has 0 aliphatic heterocycles. The highest BCUT2D eigenvalue weighted by Crippen LogP contribution is 2.11. The van der Waals surface area contributed by atoms with Gasteiger partial charge in [0.15, 0.2) is 0 Å². The molecule has 114 valence electrons. The quantitative estimate of drug-likeness (QED) is 0.462. The van der Waals surface area contributed by atoms with Crippen LogP contribution in [0.1, 0.15) is 6.92 Å². The number of hydrogen-bond donors (Lipinski definition) is 3. The van der Waals surface area contributed by atoms with Crippen LogP contribution in [0.15, 0.2) is 65.7 Å². The first-order chi connectivity index (χ1) is 10.8. The summed E-state index contributed by atoms with van der Waals surface area (Å²) < 4.78 is 4.80. The third-order valence-corrected chi connectivity index (χ3v) is 2.59. The van der Waals surface area contributed by atoms with Crippen molar-refractivity contribution in [1.29, 1.82) is 0 Å². The summed E-state index contributed by atoms with van der Waals surface area (Å²) in [7, 11) is 0. The normalized spacial score (nSPS) is 10.7. The van der Waals surface area contributed by atoms with Crippen molar-refractivity contribution in [3.8, 4) is 0 Å². The molecule has 3 N–H and O–H groups in total. The lowest BCUT2D eigenvalue weighted by Crippen LogP contribution is -2.45. The van der Waals surface area contributed by atoms with Crippen LogP contribution in [0, 0.1) is 0 Å². The number of aliphatic imine (C=N–C) groups is 1. The summed E-state index contributed by atoms with van der Waals surface area (Å²) in [6.45, 7) is 2.03. The summed E-state index contributed by atoms with van der Waals surface area (Å²) in [4.78, 5) is 15.8. The van der Waals surface area contributed by atoms with Crippen molar-refractivity contribution in [1.82, 2.24) is 10.9 Å². The van der Waals surface area contributed by atoms with Crippen LogP contribution in [0.2, 0.25) is 0 Å². The molecule has 0 fully saturated rings. The molecule has 6 nitrogen and oxygen atoms in total. The van der Waals surface area contributed by atoms with E-state index in [1.54, 1.807) is 6.92 Å². The number of para-hydroxylation sites is 2. The van der Waals surface area contributed by atoms with Crippen molar-refractivity contribution in [2.45, 2.75) is 6.92 Å². The van der Waals surface area contributed by atoms with Gasteiger partial charge in [0.1, 0.15) is 0 Å². The predicted octanol–water partition coefficient (Wildman–Crippen LogP) is 3.04. The fraction of sp³-hybridized carbons (Fsp3) is 0.125. The highest BCUT2D eigenvalue weighted by molar-refractivity contribution is 5.95. The number of ether oxygens (including phenoxy) is 1.